The molecule has 0 fully saturated rings. The van der Waals surface area contributed by atoms with Crippen molar-refractivity contribution in [3.05, 3.63) is 42.5 Å². The molecule has 0 radical (unpaired) electrons. The Bertz CT molecular complexity index is 783. The molecule has 26 heavy (non-hydrogen) atoms. The van der Waals surface area contributed by atoms with Gasteiger partial charge in [0, 0.05) is 11.4 Å². The summed E-state index contributed by atoms with van der Waals surface area (Å²) in [6.45, 7) is 10.1. The molecule has 5 N–H and O–H groups in total. The van der Waals surface area contributed by atoms with E-state index in [-0.39, 0.29) is 16.3 Å². The largest absolute Gasteiger partial charge is 0.456 e. The zero-order valence-corrected chi connectivity index (χ0v) is 16.2. The first kappa shape index (κ1) is 21.8. The minimum absolute atomic E-state index is 0.0125. The summed E-state index contributed by atoms with van der Waals surface area (Å²) >= 11 is 0. The van der Waals surface area contributed by atoms with E-state index in [0.717, 1.165) is 6.07 Å². The van der Waals surface area contributed by atoms with E-state index in [1.807, 2.05) is 0 Å². The molecule has 8 heteroatoms. The molecule has 0 bridgehead atoms. The monoisotopic (exact) mass is 381 g/mol. The van der Waals surface area contributed by atoms with E-state index in [1.165, 1.54) is 31.8 Å². The Balaban J connectivity index is 0.000000412. The number of hydrogen-bond acceptors (Lipinski definition) is 6. The van der Waals surface area contributed by atoms with Crippen LogP contribution >= 0.6 is 0 Å². The molecule has 0 aliphatic heterocycles. The maximum Gasteiger partial charge on any atom is 0.298 e. The van der Waals surface area contributed by atoms with Gasteiger partial charge in [-0.2, -0.15) is 8.42 Å². The highest BCUT2D eigenvalue weighted by atomic mass is 32.2. The van der Waals surface area contributed by atoms with Crippen molar-refractivity contribution in [3.63, 3.8) is 0 Å². The quantitative estimate of drug-likeness (QED) is 0.519. The van der Waals surface area contributed by atoms with E-state index in [1.54, 1.807) is 24.3 Å². The average Bonchev–Trinajstić information content (AvgIpc) is 2.60. The Labute approximate surface area is 155 Å². The molecule has 0 saturated heterocycles. The normalized spacial score (nSPS) is 11.0. The number of ether oxygens (including phenoxy) is 1. The van der Waals surface area contributed by atoms with Gasteiger partial charge in [-0.15, -0.1) is 0 Å². The van der Waals surface area contributed by atoms with Crippen LogP contribution in [-0.4, -0.2) is 37.5 Å². The van der Waals surface area contributed by atoms with E-state index in [4.69, 9.17) is 20.8 Å². The van der Waals surface area contributed by atoms with Crippen molar-refractivity contribution in [1.29, 1.82) is 0 Å². The minimum atomic E-state index is -4.41. The van der Waals surface area contributed by atoms with Crippen LogP contribution in [0.25, 0.3) is 0 Å². The van der Waals surface area contributed by atoms with Gasteiger partial charge in [0.05, 0.1) is 0 Å². The molecule has 0 saturated carbocycles. The number of nitrogen functional groups attached to an aromatic ring is 2. The van der Waals surface area contributed by atoms with Crippen molar-refractivity contribution in [3.8, 4) is 11.5 Å². The van der Waals surface area contributed by atoms with Crippen LogP contribution in [0.2, 0.25) is 0 Å². The Morgan fingerprint density at radius 1 is 0.923 bits per heavy atom. The second-order valence-electron chi connectivity index (χ2n) is 5.47. The predicted molar refractivity (Wildman–Crippen MR) is 105 cm³/mol. The summed E-state index contributed by atoms with van der Waals surface area (Å²) in [5.74, 6) is 0.380. The summed E-state index contributed by atoms with van der Waals surface area (Å²) in [6.07, 6.45) is 0. The van der Waals surface area contributed by atoms with Gasteiger partial charge in [-0.3, -0.25) is 4.55 Å². The van der Waals surface area contributed by atoms with Crippen molar-refractivity contribution >= 4 is 21.5 Å². The van der Waals surface area contributed by atoms with Gasteiger partial charge >= 0.3 is 0 Å². The van der Waals surface area contributed by atoms with Crippen LogP contribution in [0, 0.1) is 0 Å². The second-order valence-corrected chi connectivity index (χ2v) is 6.86. The lowest BCUT2D eigenvalue weighted by Gasteiger charge is -2.13. The summed E-state index contributed by atoms with van der Waals surface area (Å²) in [6, 6.07) is 10.4. The maximum absolute atomic E-state index is 11.3. The van der Waals surface area contributed by atoms with Crippen LogP contribution in [0.5, 0.6) is 11.5 Å². The van der Waals surface area contributed by atoms with Gasteiger partial charge in [-0.25, -0.2) is 0 Å². The molecular formula is C18H27N3O4S. The van der Waals surface area contributed by atoms with Crippen molar-refractivity contribution in [1.82, 2.24) is 4.90 Å². The van der Waals surface area contributed by atoms with Crippen LogP contribution in [0.15, 0.2) is 47.4 Å². The summed E-state index contributed by atoms with van der Waals surface area (Å²) < 4.78 is 37.0. The van der Waals surface area contributed by atoms with Gasteiger partial charge in [-0.05, 0) is 62.1 Å². The first-order chi connectivity index (χ1) is 12.2. The molecule has 2 rings (SSSR count). The van der Waals surface area contributed by atoms with Crippen LogP contribution in [0.4, 0.5) is 11.4 Å². The summed E-state index contributed by atoms with van der Waals surface area (Å²) in [5.41, 5.74) is 11.8. The number of hydrogen-bond donors (Lipinski definition) is 3. The highest BCUT2D eigenvalue weighted by Gasteiger charge is 2.17. The smallest absolute Gasteiger partial charge is 0.298 e. The Morgan fingerprint density at radius 3 is 1.85 bits per heavy atom. The van der Waals surface area contributed by atoms with Crippen molar-refractivity contribution in [2.24, 2.45) is 0 Å². The lowest BCUT2D eigenvalue weighted by atomic mass is 10.3. The molecule has 2 aromatic rings. The fourth-order valence-electron chi connectivity index (χ4n) is 2.14. The molecule has 7 nitrogen and oxygen atoms in total. The standard InChI is InChI=1S/C12H12N2O4S.C6H15N/c13-8-1-4-10(5-2-8)18-11-6-3-9(14)7-12(11)19(15,16)17;1-4-7(5-2)6-3/h1-7H,13-14H2,(H,15,16,17);4-6H2,1-3H3. The van der Waals surface area contributed by atoms with E-state index in [0.29, 0.717) is 11.4 Å². The fourth-order valence-corrected chi connectivity index (χ4v) is 2.79. The SMILES string of the molecule is CCN(CC)CC.Nc1ccc(Oc2ccc(N)cc2S(=O)(=O)O)cc1. The topological polar surface area (TPSA) is 119 Å². The average molecular weight is 381 g/mol. The maximum atomic E-state index is 11.3. The number of nitrogens with zero attached hydrogens (tertiary/aromatic N) is 1. The van der Waals surface area contributed by atoms with Crippen LogP contribution in [0.3, 0.4) is 0 Å². The molecule has 0 spiro atoms. The molecule has 0 aromatic heterocycles. The number of nitrogens with two attached hydrogens (primary N) is 2. The third kappa shape index (κ3) is 6.91. The molecule has 0 heterocycles. The van der Waals surface area contributed by atoms with E-state index < -0.39 is 10.1 Å². The highest BCUT2D eigenvalue weighted by molar-refractivity contribution is 7.86. The molecule has 0 unspecified atom stereocenters. The number of benzene rings is 2. The van der Waals surface area contributed by atoms with Crippen LogP contribution < -0.4 is 16.2 Å². The van der Waals surface area contributed by atoms with Crippen LogP contribution in [0.1, 0.15) is 20.8 Å². The van der Waals surface area contributed by atoms with Crippen LogP contribution in [-0.2, 0) is 10.1 Å². The van der Waals surface area contributed by atoms with Gasteiger partial charge in [0.2, 0.25) is 0 Å². The van der Waals surface area contributed by atoms with Gasteiger partial charge in [-0.1, -0.05) is 20.8 Å². The molecule has 2 aromatic carbocycles. The van der Waals surface area contributed by atoms with E-state index >= 15 is 0 Å². The summed E-state index contributed by atoms with van der Waals surface area (Å²) in [5, 5.41) is 0. The predicted octanol–water partition coefficient (Wildman–Crippen LogP) is 3.24. The molecule has 0 aliphatic carbocycles. The van der Waals surface area contributed by atoms with Crippen molar-refractivity contribution in [2.45, 2.75) is 25.7 Å². The molecular weight excluding hydrogens is 354 g/mol. The van der Waals surface area contributed by atoms with Gasteiger partial charge in [0.25, 0.3) is 10.1 Å². The molecule has 0 amide bonds. The Morgan fingerprint density at radius 2 is 1.42 bits per heavy atom. The van der Waals surface area contributed by atoms with Crippen molar-refractivity contribution in [2.75, 3.05) is 31.1 Å². The molecule has 0 aliphatic rings. The summed E-state index contributed by atoms with van der Waals surface area (Å²) in [7, 11) is -4.41. The van der Waals surface area contributed by atoms with Gasteiger partial charge in [0.1, 0.15) is 16.4 Å². The number of anilines is 2. The lowest BCUT2D eigenvalue weighted by molar-refractivity contribution is 0.321. The fraction of sp³-hybridized carbons (Fsp3) is 0.333. The third-order valence-electron chi connectivity index (χ3n) is 3.70. The minimum Gasteiger partial charge on any atom is -0.456 e. The van der Waals surface area contributed by atoms with Gasteiger partial charge < -0.3 is 21.1 Å². The zero-order valence-electron chi connectivity index (χ0n) is 15.3. The Kier molecular flexibility index (Phi) is 8.37. The Hall–Kier alpha value is -2.29. The summed E-state index contributed by atoms with van der Waals surface area (Å²) in [4.78, 5) is 1.99. The molecule has 0 atom stereocenters. The van der Waals surface area contributed by atoms with E-state index in [9.17, 15) is 8.42 Å². The zero-order chi connectivity index (χ0) is 19.7. The lowest BCUT2D eigenvalue weighted by Crippen LogP contribution is -2.21. The van der Waals surface area contributed by atoms with E-state index in [2.05, 4.69) is 25.7 Å². The molecule has 144 valence electrons. The first-order valence-electron chi connectivity index (χ1n) is 8.34. The first-order valence-corrected chi connectivity index (χ1v) is 9.78. The van der Waals surface area contributed by atoms with Gasteiger partial charge in [0.15, 0.2) is 0 Å². The second kappa shape index (κ2) is 10.0. The number of rotatable bonds is 6. The highest BCUT2D eigenvalue weighted by Crippen LogP contribution is 2.30. The third-order valence-corrected chi connectivity index (χ3v) is 4.57. The van der Waals surface area contributed by atoms with Crippen molar-refractivity contribution < 1.29 is 17.7 Å².